The quantitative estimate of drug-likeness (QED) is 0.718. The first-order chi connectivity index (χ1) is 14.8. The lowest BCUT2D eigenvalue weighted by molar-refractivity contribution is 0.170. The number of rotatable bonds is 4. The molecule has 0 bridgehead atoms. The van der Waals surface area contributed by atoms with E-state index in [0.29, 0.717) is 36.3 Å². The van der Waals surface area contributed by atoms with Gasteiger partial charge >= 0.3 is 6.03 Å². The van der Waals surface area contributed by atoms with Crippen molar-refractivity contribution in [2.75, 3.05) is 39.4 Å². The van der Waals surface area contributed by atoms with Crippen LogP contribution in [0.1, 0.15) is 5.56 Å². The molecule has 0 aliphatic carbocycles. The summed E-state index contributed by atoms with van der Waals surface area (Å²) in [5.41, 5.74) is 0.887. The molecule has 0 spiro atoms. The van der Waals surface area contributed by atoms with Crippen LogP contribution in [-0.4, -0.2) is 63.0 Å². The Labute approximate surface area is 190 Å². The second kappa shape index (κ2) is 9.12. The van der Waals surface area contributed by atoms with E-state index < -0.39 is 10.0 Å². The predicted molar refractivity (Wildman–Crippen MR) is 116 cm³/mol. The minimum absolute atomic E-state index is 0.0819. The van der Waals surface area contributed by atoms with Crippen molar-refractivity contribution in [3.8, 4) is 11.5 Å². The van der Waals surface area contributed by atoms with E-state index in [0.717, 1.165) is 5.56 Å². The van der Waals surface area contributed by atoms with E-state index in [1.807, 2.05) is 18.2 Å². The summed E-state index contributed by atoms with van der Waals surface area (Å²) in [4.78, 5) is 14.2. The number of carbonyl (C=O) groups excluding carboxylic acids is 1. The number of nitrogens with one attached hydrogen (secondary N) is 1. The van der Waals surface area contributed by atoms with E-state index in [4.69, 9.17) is 32.7 Å². The van der Waals surface area contributed by atoms with Gasteiger partial charge < -0.3 is 19.7 Å². The molecular formula is C20H21Cl2N3O5S. The molecule has 2 aromatic carbocycles. The summed E-state index contributed by atoms with van der Waals surface area (Å²) in [5.74, 6) is 1.36. The SMILES string of the molecule is O=C(NCc1ccc2c(c1)OCCO2)N1CCN(S(=O)(=O)c2ccc(Cl)c(Cl)c2)CC1. The van der Waals surface area contributed by atoms with Crippen LogP contribution in [0.4, 0.5) is 4.79 Å². The topological polar surface area (TPSA) is 88.2 Å². The maximum atomic E-state index is 12.8. The molecule has 2 aliphatic rings. The lowest BCUT2D eigenvalue weighted by Crippen LogP contribution is -2.52. The molecule has 166 valence electrons. The van der Waals surface area contributed by atoms with Crippen LogP contribution in [0.3, 0.4) is 0 Å². The molecule has 0 saturated carbocycles. The monoisotopic (exact) mass is 485 g/mol. The molecule has 0 atom stereocenters. The van der Waals surface area contributed by atoms with Crippen LogP contribution in [0.2, 0.25) is 10.0 Å². The first kappa shape index (κ1) is 22.0. The highest BCUT2D eigenvalue weighted by atomic mass is 35.5. The number of carbonyl (C=O) groups is 1. The number of urea groups is 1. The molecule has 8 nitrogen and oxygen atoms in total. The third-order valence-electron chi connectivity index (χ3n) is 5.11. The molecule has 2 heterocycles. The number of benzene rings is 2. The summed E-state index contributed by atoms with van der Waals surface area (Å²) in [7, 11) is -3.71. The maximum absolute atomic E-state index is 12.8. The molecule has 11 heteroatoms. The highest BCUT2D eigenvalue weighted by Crippen LogP contribution is 2.31. The van der Waals surface area contributed by atoms with Crippen molar-refractivity contribution in [3.63, 3.8) is 0 Å². The highest BCUT2D eigenvalue weighted by Gasteiger charge is 2.30. The predicted octanol–water partition coefficient (Wildman–Crippen LogP) is 2.98. The van der Waals surface area contributed by atoms with Crippen LogP contribution in [0, 0.1) is 0 Å². The van der Waals surface area contributed by atoms with Gasteiger partial charge in [0.25, 0.3) is 0 Å². The lowest BCUT2D eigenvalue weighted by atomic mass is 10.2. The van der Waals surface area contributed by atoms with Gasteiger partial charge in [-0.3, -0.25) is 0 Å². The zero-order valence-corrected chi connectivity index (χ0v) is 18.8. The van der Waals surface area contributed by atoms with Gasteiger partial charge in [0, 0.05) is 32.7 Å². The summed E-state index contributed by atoms with van der Waals surface area (Å²) in [5, 5.41) is 3.34. The van der Waals surface area contributed by atoms with Crippen molar-refractivity contribution in [2.45, 2.75) is 11.4 Å². The van der Waals surface area contributed by atoms with E-state index in [1.165, 1.54) is 22.5 Å². The lowest BCUT2D eigenvalue weighted by Gasteiger charge is -2.34. The molecule has 0 unspecified atom stereocenters. The van der Waals surface area contributed by atoms with Gasteiger partial charge in [-0.2, -0.15) is 4.31 Å². The minimum Gasteiger partial charge on any atom is -0.486 e. The molecular weight excluding hydrogens is 465 g/mol. The maximum Gasteiger partial charge on any atom is 0.317 e. The first-order valence-electron chi connectivity index (χ1n) is 9.71. The number of piperazine rings is 1. The third kappa shape index (κ3) is 4.85. The molecule has 2 aromatic rings. The number of halogens is 2. The van der Waals surface area contributed by atoms with Crippen molar-refractivity contribution in [3.05, 3.63) is 52.0 Å². The van der Waals surface area contributed by atoms with Gasteiger partial charge in [0.2, 0.25) is 10.0 Å². The average Bonchev–Trinajstić information content (AvgIpc) is 2.79. The molecule has 4 rings (SSSR count). The molecule has 0 radical (unpaired) electrons. The van der Waals surface area contributed by atoms with Gasteiger partial charge in [-0.1, -0.05) is 29.3 Å². The van der Waals surface area contributed by atoms with Crippen molar-refractivity contribution in [2.24, 2.45) is 0 Å². The Kier molecular flexibility index (Phi) is 6.47. The molecule has 1 fully saturated rings. The second-order valence-electron chi connectivity index (χ2n) is 7.10. The fourth-order valence-corrected chi connectivity index (χ4v) is 5.22. The van der Waals surface area contributed by atoms with Crippen LogP contribution >= 0.6 is 23.2 Å². The summed E-state index contributed by atoms with van der Waals surface area (Å²) in [6.45, 7) is 2.31. The van der Waals surface area contributed by atoms with E-state index in [2.05, 4.69) is 5.32 Å². The molecule has 2 amide bonds. The van der Waals surface area contributed by atoms with Crippen molar-refractivity contribution in [1.82, 2.24) is 14.5 Å². The third-order valence-corrected chi connectivity index (χ3v) is 7.74. The normalized spacial score (nSPS) is 16.8. The van der Waals surface area contributed by atoms with Gasteiger partial charge in [-0.15, -0.1) is 0 Å². The van der Waals surface area contributed by atoms with Crippen molar-refractivity contribution in [1.29, 1.82) is 0 Å². The van der Waals surface area contributed by atoms with Gasteiger partial charge in [-0.05, 0) is 35.9 Å². The number of fused-ring (bicyclic) bond motifs is 1. The number of amides is 2. The van der Waals surface area contributed by atoms with Gasteiger partial charge in [0.1, 0.15) is 13.2 Å². The van der Waals surface area contributed by atoms with Crippen LogP contribution in [-0.2, 0) is 16.6 Å². The highest BCUT2D eigenvalue weighted by molar-refractivity contribution is 7.89. The average molecular weight is 486 g/mol. The Bertz CT molecular complexity index is 1090. The smallest absolute Gasteiger partial charge is 0.317 e. The Morgan fingerprint density at radius 1 is 0.935 bits per heavy atom. The fraction of sp³-hybridized carbons (Fsp3) is 0.350. The Morgan fingerprint density at radius 2 is 1.65 bits per heavy atom. The molecule has 2 aliphatic heterocycles. The van der Waals surface area contributed by atoms with Crippen LogP contribution in [0.15, 0.2) is 41.3 Å². The summed E-state index contributed by atoms with van der Waals surface area (Å²) < 4.78 is 38.1. The van der Waals surface area contributed by atoms with Crippen molar-refractivity contribution >= 4 is 39.3 Å². The van der Waals surface area contributed by atoms with Crippen molar-refractivity contribution < 1.29 is 22.7 Å². The Morgan fingerprint density at radius 3 is 2.35 bits per heavy atom. The number of ether oxygens (including phenoxy) is 2. The molecule has 1 N–H and O–H groups in total. The number of hydrogen-bond acceptors (Lipinski definition) is 5. The van der Waals surface area contributed by atoms with Crippen LogP contribution in [0.5, 0.6) is 11.5 Å². The molecule has 31 heavy (non-hydrogen) atoms. The van der Waals surface area contributed by atoms with Gasteiger partial charge in [0.15, 0.2) is 11.5 Å². The Balaban J connectivity index is 1.32. The van der Waals surface area contributed by atoms with Crippen LogP contribution in [0.25, 0.3) is 0 Å². The summed E-state index contributed by atoms with van der Waals surface area (Å²) in [6.07, 6.45) is 0. The molecule has 0 aromatic heterocycles. The number of sulfonamides is 1. The standard InChI is InChI=1S/C20H21Cl2N3O5S/c21-16-3-2-15(12-17(16)22)31(27,28)25-7-5-24(6-8-25)20(26)23-13-14-1-4-18-19(11-14)30-10-9-29-18/h1-4,11-12H,5-10,13H2,(H,23,26). The second-order valence-corrected chi connectivity index (χ2v) is 9.86. The zero-order chi connectivity index (χ0) is 22.0. The van der Waals surface area contributed by atoms with E-state index >= 15 is 0 Å². The molecule has 1 saturated heterocycles. The van der Waals surface area contributed by atoms with E-state index in [1.54, 1.807) is 4.90 Å². The summed E-state index contributed by atoms with van der Waals surface area (Å²) in [6, 6.07) is 9.51. The number of hydrogen-bond donors (Lipinski definition) is 1. The summed E-state index contributed by atoms with van der Waals surface area (Å²) >= 11 is 11.8. The zero-order valence-electron chi connectivity index (χ0n) is 16.5. The first-order valence-corrected chi connectivity index (χ1v) is 11.9. The largest absolute Gasteiger partial charge is 0.486 e. The van der Waals surface area contributed by atoms with Gasteiger partial charge in [0.05, 0.1) is 14.9 Å². The van der Waals surface area contributed by atoms with Crippen LogP contribution < -0.4 is 14.8 Å². The fourth-order valence-electron chi connectivity index (χ4n) is 3.41. The Hall–Kier alpha value is -2.20. The van der Waals surface area contributed by atoms with Gasteiger partial charge in [-0.25, -0.2) is 13.2 Å². The number of nitrogens with zero attached hydrogens (tertiary/aromatic N) is 2. The minimum atomic E-state index is -3.71. The van der Waals surface area contributed by atoms with E-state index in [9.17, 15) is 13.2 Å². The van der Waals surface area contributed by atoms with E-state index in [-0.39, 0.29) is 42.1 Å².